The van der Waals surface area contributed by atoms with Crippen LogP contribution in [0.2, 0.25) is 0 Å². The predicted octanol–water partition coefficient (Wildman–Crippen LogP) is 3.61. The minimum atomic E-state index is -0.391. The molecule has 1 aromatic carbocycles. The smallest absolute Gasteiger partial charge is 0.256 e. The summed E-state index contributed by atoms with van der Waals surface area (Å²) in [5.41, 5.74) is 1.83. The average molecular weight is 318 g/mol. The number of rotatable bonds is 5. The van der Waals surface area contributed by atoms with Gasteiger partial charge in [-0.05, 0) is 39.8 Å². The number of benzene rings is 1. The number of nitrogens with one attached hydrogen (secondary N) is 1. The summed E-state index contributed by atoms with van der Waals surface area (Å²) in [5.74, 6) is 0.458. The Morgan fingerprint density at radius 3 is 2.55 bits per heavy atom. The van der Waals surface area contributed by atoms with Crippen LogP contribution >= 0.6 is 11.8 Å². The number of nitrogens with zero attached hydrogens (tertiary/aromatic N) is 1. The lowest BCUT2D eigenvalue weighted by atomic mass is 10.1. The first-order valence-electron chi connectivity index (χ1n) is 6.90. The first kappa shape index (κ1) is 16.3. The van der Waals surface area contributed by atoms with Gasteiger partial charge < -0.3 is 9.73 Å². The summed E-state index contributed by atoms with van der Waals surface area (Å²) in [6.07, 6.45) is 0. The van der Waals surface area contributed by atoms with Crippen LogP contribution in [0.5, 0.6) is 0 Å². The molecule has 0 aliphatic heterocycles. The maximum absolute atomic E-state index is 12.3. The lowest BCUT2D eigenvalue weighted by Crippen LogP contribution is -2.23. The van der Waals surface area contributed by atoms with Crippen molar-refractivity contribution < 1.29 is 14.0 Å². The van der Waals surface area contributed by atoms with Crippen LogP contribution in [0.15, 0.2) is 33.9 Å². The molecule has 1 heterocycles. The van der Waals surface area contributed by atoms with Gasteiger partial charge in [-0.3, -0.25) is 9.59 Å². The van der Waals surface area contributed by atoms with E-state index in [2.05, 4.69) is 10.3 Å². The van der Waals surface area contributed by atoms with Crippen LogP contribution in [0.3, 0.4) is 0 Å². The Balaban J connectivity index is 2.07. The van der Waals surface area contributed by atoms with Gasteiger partial charge in [0.05, 0.1) is 16.6 Å². The van der Waals surface area contributed by atoms with E-state index in [-0.39, 0.29) is 11.7 Å². The van der Waals surface area contributed by atoms with Crippen LogP contribution < -0.4 is 5.32 Å². The van der Waals surface area contributed by atoms with Crippen molar-refractivity contribution in [3.63, 3.8) is 0 Å². The topological polar surface area (TPSA) is 72.2 Å². The molecule has 6 heteroatoms. The summed E-state index contributed by atoms with van der Waals surface area (Å²) in [5, 5.41) is 2.86. The molecular weight excluding hydrogens is 300 g/mol. The fraction of sp³-hybridized carbons (Fsp3) is 0.312. The molecule has 0 bridgehead atoms. The minimum absolute atomic E-state index is 0.0878. The van der Waals surface area contributed by atoms with E-state index in [0.717, 1.165) is 11.5 Å². The normalized spacial score (nSPS) is 12.0. The molecule has 0 aliphatic carbocycles. The van der Waals surface area contributed by atoms with Gasteiger partial charge in [0.2, 0.25) is 5.91 Å². The van der Waals surface area contributed by atoms with Crippen LogP contribution in [0.25, 0.3) is 0 Å². The Morgan fingerprint density at radius 1 is 1.27 bits per heavy atom. The Morgan fingerprint density at radius 2 is 1.95 bits per heavy atom. The van der Waals surface area contributed by atoms with Crippen molar-refractivity contribution in [3.05, 3.63) is 41.3 Å². The zero-order chi connectivity index (χ0) is 16.3. The second kappa shape index (κ2) is 6.79. The van der Waals surface area contributed by atoms with Gasteiger partial charge in [-0.2, -0.15) is 0 Å². The molecule has 2 rings (SSSR count). The summed E-state index contributed by atoms with van der Waals surface area (Å²) >= 11 is 1.25. The number of oxazole rings is 1. The van der Waals surface area contributed by atoms with Gasteiger partial charge in [-0.25, -0.2) is 4.98 Å². The van der Waals surface area contributed by atoms with E-state index in [0.29, 0.717) is 16.5 Å². The van der Waals surface area contributed by atoms with Crippen molar-refractivity contribution in [1.29, 1.82) is 0 Å². The fourth-order valence-corrected chi connectivity index (χ4v) is 2.66. The highest BCUT2D eigenvalue weighted by Gasteiger charge is 2.19. The number of anilines is 1. The van der Waals surface area contributed by atoms with E-state index in [1.807, 2.05) is 13.8 Å². The van der Waals surface area contributed by atoms with Gasteiger partial charge in [0.15, 0.2) is 5.78 Å². The minimum Gasteiger partial charge on any atom is -0.437 e. The fourth-order valence-electron chi connectivity index (χ4n) is 1.83. The Hall–Kier alpha value is -2.08. The molecule has 0 fully saturated rings. The number of carbonyl (C=O) groups is 2. The van der Waals surface area contributed by atoms with Gasteiger partial charge in [0.1, 0.15) is 5.76 Å². The van der Waals surface area contributed by atoms with E-state index < -0.39 is 5.25 Å². The molecule has 0 saturated carbocycles. The summed E-state index contributed by atoms with van der Waals surface area (Å²) in [7, 11) is 0. The second-order valence-electron chi connectivity index (χ2n) is 4.97. The molecule has 0 radical (unpaired) electrons. The lowest BCUT2D eigenvalue weighted by Gasteiger charge is -2.12. The highest BCUT2D eigenvalue weighted by atomic mass is 32.2. The van der Waals surface area contributed by atoms with Gasteiger partial charge in [-0.1, -0.05) is 23.9 Å². The Kier molecular flexibility index (Phi) is 5.03. The lowest BCUT2D eigenvalue weighted by molar-refractivity contribution is -0.115. The second-order valence-corrected chi connectivity index (χ2v) is 6.26. The zero-order valence-electron chi connectivity index (χ0n) is 13.0. The molecule has 0 spiro atoms. The number of carbonyl (C=O) groups excluding carboxylic acids is 2. The van der Waals surface area contributed by atoms with Crippen molar-refractivity contribution in [2.75, 3.05) is 5.32 Å². The highest BCUT2D eigenvalue weighted by Crippen LogP contribution is 2.26. The van der Waals surface area contributed by atoms with Gasteiger partial charge in [0.25, 0.3) is 5.22 Å². The van der Waals surface area contributed by atoms with Crippen molar-refractivity contribution in [3.8, 4) is 0 Å². The maximum atomic E-state index is 12.3. The van der Waals surface area contributed by atoms with E-state index in [9.17, 15) is 9.59 Å². The highest BCUT2D eigenvalue weighted by molar-refractivity contribution is 8.00. The third-order valence-electron chi connectivity index (χ3n) is 3.22. The SMILES string of the molecule is CC(=O)c1ccccc1NC(=O)C(C)Sc1nc(C)c(C)o1. The summed E-state index contributed by atoms with van der Waals surface area (Å²) in [6.45, 7) is 6.93. The molecule has 0 saturated heterocycles. The van der Waals surface area contributed by atoms with Crippen molar-refractivity contribution >= 4 is 29.1 Å². The summed E-state index contributed by atoms with van der Waals surface area (Å²) in [4.78, 5) is 28.1. The van der Waals surface area contributed by atoms with Gasteiger partial charge >= 0.3 is 0 Å². The average Bonchev–Trinajstić information content (AvgIpc) is 2.77. The van der Waals surface area contributed by atoms with Crippen LogP contribution in [-0.4, -0.2) is 21.9 Å². The summed E-state index contributed by atoms with van der Waals surface area (Å²) < 4.78 is 5.47. The molecule has 1 aromatic heterocycles. The van der Waals surface area contributed by atoms with Crippen LogP contribution in [0.1, 0.15) is 35.7 Å². The summed E-state index contributed by atoms with van der Waals surface area (Å²) in [6, 6.07) is 6.95. The first-order chi connectivity index (χ1) is 10.4. The van der Waals surface area contributed by atoms with E-state index in [1.165, 1.54) is 18.7 Å². The molecule has 2 aromatic rings. The number of hydrogen-bond donors (Lipinski definition) is 1. The number of amides is 1. The molecule has 1 unspecified atom stereocenters. The van der Waals surface area contributed by atoms with Crippen LogP contribution in [-0.2, 0) is 4.79 Å². The molecule has 22 heavy (non-hydrogen) atoms. The number of aryl methyl sites for hydroxylation is 2. The third kappa shape index (κ3) is 3.76. The predicted molar refractivity (Wildman–Crippen MR) is 86.4 cm³/mol. The number of aromatic nitrogens is 1. The molecule has 5 nitrogen and oxygen atoms in total. The van der Waals surface area contributed by atoms with E-state index in [1.54, 1.807) is 31.2 Å². The molecule has 1 amide bonds. The van der Waals surface area contributed by atoms with Crippen LogP contribution in [0.4, 0.5) is 5.69 Å². The molecule has 116 valence electrons. The quantitative estimate of drug-likeness (QED) is 0.673. The van der Waals surface area contributed by atoms with E-state index >= 15 is 0 Å². The first-order valence-corrected chi connectivity index (χ1v) is 7.78. The zero-order valence-corrected chi connectivity index (χ0v) is 13.8. The number of Topliss-reactive ketones (excluding diaryl/α,β-unsaturated/α-hetero) is 1. The van der Waals surface area contributed by atoms with Crippen molar-refractivity contribution in [2.24, 2.45) is 0 Å². The monoisotopic (exact) mass is 318 g/mol. The van der Waals surface area contributed by atoms with E-state index in [4.69, 9.17) is 4.42 Å². The molecular formula is C16H18N2O3S. The van der Waals surface area contributed by atoms with Gasteiger partial charge in [-0.15, -0.1) is 0 Å². The molecule has 1 atom stereocenters. The van der Waals surface area contributed by atoms with Crippen molar-refractivity contribution in [2.45, 2.75) is 38.2 Å². The largest absolute Gasteiger partial charge is 0.437 e. The van der Waals surface area contributed by atoms with Crippen LogP contribution in [0, 0.1) is 13.8 Å². The maximum Gasteiger partial charge on any atom is 0.256 e. The number of thioether (sulfide) groups is 1. The number of hydrogen-bond acceptors (Lipinski definition) is 5. The van der Waals surface area contributed by atoms with Crippen molar-refractivity contribution in [1.82, 2.24) is 4.98 Å². The standard InChI is InChI=1S/C16H18N2O3S/c1-9-11(3)21-16(17-9)22-12(4)15(20)18-14-8-6-5-7-13(14)10(2)19/h5-8,12H,1-4H3,(H,18,20). The number of ketones is 1. The third-order valence-corrected chi connectivity index (χ3v) is 4.16. The number of para-hydroxylation sites is 1. The Bertz CT molecular complexity index is 690. The Labute approximate surface area is 133 Å². The molecule has 0 aliphatic rings. The molecule has 1 N–H and O–H groups in total. The van der Waals surface area contributed by atoms with Gasteiger partial charge in [0, 0.05) is 5.56 Å².